The van der Waals surface area contributed by atoms with E-state index < -0.39 is 18.0 Å². The van der Waals surface area contributed by atoms with Gasteiger partial charge in [0.15, 0.2) is 0 Å². The van der Waals surface area contributed by atoms with Gasteiger partial charge in [-0.05, 0) is 19.1 Å². The molecule has 0 radical (unpaired) electrons. The molecule has 0 spiro atoms. The maximum Gasteiger partial charge on any atom is 0.325 e. The molecule has 1 atom stereocenters. The molecule has 2 amide bonds. The van der Waals surface area contributed by atoms with Crippen LogP contribution >= 0.6 is 0 Å². The van der Waals surface area contributed by atoms with E-state index in [9.17, 15) is 9.59 Å². The van der Waals surface area contributed by atoms with E-state index >= 15 is 0 Å². The van der Waals surface area contributed by atoms with Crippen LogP contribution in [0, 0.1) is 11.8 Å². The molecule has 5 heteroatoms. The molecular weight excluding hydrogens is 232 g/mol. The quantitative estimate of drug-likeness (QED) is 0.691. The third-order valence-corrected chi connectivity index (χ3v) is 2.06. The van der Waals surface area contributed by atoms with Crippen LogP contribution in [0.1, 0.15) is 12.5 Å². The van der Waals surface area contributed by atoms with Crippen molar-refractivity contribution in [3.8, 4) is 11.8 Å². The Bertz CT molecular complexity index is 474. The summed E-state index contributed by atoms with van der Waals surface area (Å²) in [6.45, 7) is 1.55. The van der Waals surface area contributed by atoms with Gasteiger partial charge >= 0.3 is 12.0 Å². The van der Waals surface area contributed by atoms with E-state index in [-0.39, 0.29) is 6.54 Å². The van der Waals surface area contributed by atoms with Gasteiger partial charge in [-0.3, -0.25) is 4.79 Å². The van der Waals surface area contributed by atoms with E-state index in [0.29, 0.717) is 0 Å². The number of hydrogen-bond donors (Lipinski definition) is 3. The minimum absolute atomic E-state index is 0.160. The van der Waals surface area contributed by atoms with E-state index in [1.54, 1.807) is 0 Å². The molecule has 0 fully saturated rings. The zero-order valence-corrected chi connectivity index (χ0v) is 9.93. The Hall–Kier alpha value is -2.48. The van der Waals surface area contributed by atoms with Crippen molar-refractivity contribution in [2.75, 3.05) is 6.54 Å². The van der Waals surface area contributed by atoms with Crippen LogP contribution in [0.15, 0.2) is 30.3 Å². The van der Waals surface area contributed by atoms with Gasteiger partial charge in [0.05, 0.1) is 6.54 Å². The molecule has 0 aliphatic heterocycles. The molecule has 0 bridgehead atoms. The lowest BCUT2D eigenvalue weighted by atomic mass is 10.2. The van der Waals surface area contributed by atoms with Crippen molar-refractivity contribution < 1.29 is 14.7 Å². The minimum Gasteiger partial charge on any atom is -0.480 e. The van der Waals surface area contributed by atoms with Crippen LogP contribution in [-0.2, 0) is 4.79 Å². The first-order valence-corrected chi connectivity index (χ1v) is 5.40. The standard InChI is InChI=1S/C13H14N2O3/c1-10(12(16)17)15-13(18)14-9-5-8-11-6-3-2-4-7-11/h2-4,6-7,10H,9H2,1H3,(H,16,17)(H2,14,15,18). The van der Waals surface area contributed by atoms with Crippen molar-refractivity contribution in [3.63, 3.8) is 0 Å². The van der Waals surface area contributed by atoms with Crippen molar-refractivity contribution in [2.24, 2.45) is 0 Å². The van der Waals surface area contributed by atoms with Gasteiger partial charge in [0.2, 0.25) is 0 Å². The lowest BCUT2D eigenvalue weighted by Crippen LogP contribution is -2.44. The zero-order valence-electron chi connectivity index (χ0n) is 9.93. The van der Waals surface area contributed by atoms with Gasteiger partial charge < -0.3 is 15.7 Å². The van der Waals surface area contributed by atoms with Crippen LogP contribution in [0.25, 0.3) is 0 Å². The van der Waals surface area contributed by atoms with E-state index in [4.69, 9.17) is 5.11 Å². The molecule has 5 nitrogen and oxygen atoms in total. The highest BCUT2D eigenvalue weighted by atomic mass is 16.4. The molecule has 18 heavy (non-hydrogen) atoms. The number of rotatable bonds is 3. The fourth-order valence-corrected chi connectivity index (χ4v) is 1.10. The molecule has 3 N–H and O–H groups in total. The largest absolute Gasteiger partial charge is 0.480 e. The Morgan fingerprint density at radius 2 is 2.00 bits per heavy atom. The normalized spacial score (nSPS) is 10.7. The predicted molar refractivity (Wildman–Crippen MR) is 67.0 cm³/mol. The summed E-state index contributed by atoms with van der Waals surface area (Å²) in [7, 11) is 0. The number of carbonyl (C=O) groups is 2. The molecule has 0 saturated heterocycles. The summed E-state index contributed by atoms with van der Waals surface area (Å²) in [6.07, 6.45) is 0. The second-order valence-electron chi connectivity index (χ2n) is 3.55. The number of carboxylic acid groups (broad SMARTS) is 1. The molecule has 1 unspecified atom stereocenters. The third-order valence-electron chi connectivity index (χ3n) is 2.06. The number of carbonyl (C=O) groups excluding carboxylic acids is 1. The van der Waals surface area contributed by atoms with Gasteiger partial charge in [-0.1, -0.05) is 30.0 Å². The van der Waals surface area contributed by atoms with Crippen LogP contribution in [0.5, 0.6) is 0 Å². The summed E-state index contributed by atoms with van der Waals surface area (Å²) >= 11 is 0. The topological polar surface area (TPSA) is 78.4 Å². The number of hydrogen-bond acceptors (Lipinski definition) is 2. The number of carboxylic acids is 1. The highest BCUT2D eigenvalue weighted by molar-refractivity contribution is 5.82. The lowest BCUT2D eigenvalue weighted by molar-refractivity contribution is -0.138. The predicted octanol–water partition coefficient (Wildman–Crippen LogP) is 0.810. The Morgan fingerprint density at radius 1 is 1.33 bits per heavy atom. The highest BCUT2D eigenvalue weighted by Crippen LogP contribution is 1.94. The second kappa shape index (κ2) is 6.97. The molecule has 1 aromatic carbocycles. The summed E-state index contributed by atoms with van der Waals surface area (Å²) < 4.78 is 0. The van der Waals surface area contributed by atoms with E-state index in [2.05, 4.69) is 22.5 Å². The van der Waals surface area contributed by atoms with E-state index in [1.165, 1.54) is 6.92 Å². The van der Waals surface area contributed by atoms with Crippen LogP contribution in [0.2, 0.25) is 0 Å². The molecule has 0 aromatic heterocycles. The van der Waals surface area contributed by atoms with Gasteiger partial charge in [0.25, 0.3) is 0 Å². The molecule has 0 aliphatic carbocycles. The number of aliphatic carboxylic acids is 1. The smallest absolute Gasteiger partial charge is 0.325 e. The van der Waals surface area contributed by atoms with Crippen LogP contribution in [0.3, 0.4) is 0 Å². The Labute approximate surface area is 105 Å². The molecule has 0 saturated carbocycles. The van der Waals surface area contributed by atoms with Crippen molar-refractivity contribution in [2.45, 2.75) is 13.0 Å². The Morgan fingerprint density at radius 3 is 2.61 bits per heavy atom. The number of nitrogens with one attached hydrogen (secondary N) is 2. The molecule has 0 aliphatic rings. The number of benzene rings is 1. The average Bonchev–Trinajstić information content (AvgIpc) is 2.35. The van der Waals surface area contributed by atoms with E-state index in [0.717, 1.165) is 5.56 Å². The summed E-state index contributed by atoms with van der Waals surface area (Å²) in [4.78, 5) is 21.7. The zero-order chi connectivity index (χ0) is 13.4. The number of urea groups is 1. The maximum absolute atomic E-state index is 11.2. The third kappa shape index (κ3) is 5.03. The first-order chi connectivity index (χ1) is 8.59. The monoisotopic (exact) mass is 246 g/mol. The van der Waals surface area contributed by atoms with Crippen molar-refractivity contribution in [1.82, 2.24) is 10.6 Å². The van der Waals surface area contributed by atoms with Gasteiger partial charge in [0, 0.05) is 5.56 Å². The van der Waals surface area contributed by atoms with Crippen LogP contribution in [-0.4, -0.2) is 29.7 Å². The fourth-order valence-electron chi connectivity index (χ4n) is 1.10. The first kappa shape index (κ1) is 13.6. The van der Waals surface area contributed by atoms with Crippen LogP contribution in [0.4, 0.5) is 4.79 Å². The summed E-state index contributed by atoms with van der Waals surface area (Å²) in [5.74, 6) is 4.55. The van der Waals surface area contributed by atoms with Gasteiger partial charge in [-0.15, -0.1) is 0 Å². The van der Waals surface area contributed by atoms with E-state index in [1.807, 2.05) is 30.3 Å². The van der Waals surface area contributed by atoms with Gasteiger partial charge in [0.1, 0.15) is 6.04 Å². The molecular formula is C13H14N2O3. The summed E-state index contributed by atoms with van der Waals surface area (Å²) in [5, 5.41) is 13.3. The maximum atomic E-state index is 11.2. The van der Waals surface area contributed by atoms with Crippen molar-refractivity contribution in [3.05, 3.63) is 35.9 Å². The van der Waals surface area contributed by atoms with Crippen LogP contribution < -0.4 is 10.6 Å². The Kier molecular flexibility index (Phi) is 5.26. The van der Waals surface area contributed by atoms with Gasteiger partial charge in [-0.25, -0.2) is 4.79 Å². The summed E-state index contributed by atoms with van der Waals surface area (Å²) in [6, 6.07) is 7.89. The SMILES string of the molecule is CC(NC(=O)NCC#Cc1ccccc1)C(=O)O. The average molecular weight is 246 g/mol. The number of amides is 2. The molecule has 1 aromatic rings. The van der Waals surface area contributed by atoms with Gasteiger partial charge in [-0.2, -0.15) is 0 Å². The highest BCUT2D eigenvalue weighted by Gasteiger charge is 2.12. The molecule has 1 rings (SSSR count). The van der Waals surface area contributed by atoms with Crippen molar-refractivity contribution >= 4 is 12.0 Å². The fraction of sp³-hybridized carbons (Fsp3) is 0.231. The Balaban J connectivity index is 2.32. The first-order valence-electron chi connectivity index (χ1n) is 5.40. The second-order valence-corrected chi connectivity index (χ2v) is 3.55. The molecule has 0 heterocycles. The van der Waals surface area contributed by atoms with Crippen molar-refractivity contribution in [1.29, 1.82) is 0 Å². The lowest BCUT2D eigenvalue weighted by Gasteiger charge is -2.08. The summed E-state index contributed by atoms with van der Waals surface area (Å²) in [5.41, 5.74) is 0.860. The molecule has 94 valence electrons. The minimum atomic E-state index is -1.08.